The molecule has 0 spiro atoms. The minimum atomic E-state index is -4.50. The topological polar surface area (TPSA) is 32.8 Å². The van der Waals surface area contributed by atoms with Crippen LogP contribution in [0.4, 0.5) is 60.5 Å². The lowest BCUT2D eigenvalue weighted by molar-refractivity contribution is -0.138. The predicted octanol–water partition coefficient (Wildman–Crippen LogP) is 16.8. The van der Waals surface area contributed by atoms with Crippen molar-refractivity contribution in [1.29, 1.82) is 0 Å². The maximum Gasteiger partial charge on any atom is 0.416 e. The standard InChI is InChI=1S/C52H30F6N2O2/c53-51(54,55)35-9-7-15-39(29-35)59(37-11-3-1-4-12-37)41-19-17-31-25-43-47(27-33(31)23-41)61-45-21-22-46-50(49(43)45)44-26-32-18-20-42(24-34(32)28-48(44)62-46)60(38-13-5-2-6-14-38)40-16-8-10-36(30-40)52(56,57)58/h1-30H. The van der Waals surface area contributed by atoms with Gasteiger partial charge in [-0.15, -0.1) is 0 Å². The molecule has 0 aliphatic carbocycles. The SMILES string of the molecule is FC(F)(F)c1cccc(N(c2ccccc2)c2ccc3cc4c(cc3c2)oc2ccc3oc5cc6cc(N(c7ccccc7)c7cccc(C(F)(F)F)c7)ccc6cc5c3c24)c1. The van der Waals surface area contributed by atoms with Crippen LogP contribution in [-0.2, 0) is 12.4 Å². The molecule has 4 nitrogen and oxygen atoms in total. The minimum absolute atomic E-state index is 0.373. The van der Waals surface area contributed by atoms with Gasteiger partial charge in [-0.3, -0.25) is 0 Å². The van der Waals surface area contributed by atoms with Gasteiger partial charge < -0.3 is 18.6 Å². The van der Waals surface area contributed by atoms with Crippen molar-refractivity contribution in [3.8, 4) is 0 Å². The van der Waals surface area contributed by atoms with Gasteiger partial charge in [-0.05, 0) is 143 Å². The molecule has 0 fully saturated rings. The molecular formula is C52H30F6N2O2. The van der Waals surface area contributed by atoms with Crippen LogP contribution in [0.1, 0.15) is 11.1 Å². The number of furan rings is 2. The fraction of sp³-hybridized carbons (Fsp3) is 0.0385. The zero-order valence-electron chi connectivity index (χ0n) is 32.3. The number of alkyl halides is 6. The Morgan fingerprint density at radius 2 is 0.694 bits per heavy atom. The van der Waals surface area contributed by atoms with Gasteiger partial charge in [0.2, 0.25) is 0 Å². The van der Waals surface area contributed by atoms with Crippen LogP contribution < -0.4 is 9.80 Å². The Kier molecular flexibility index (Phi) is 8.37. The van der Waals surface area contributed by atoms with E-state index in [4.69, 9.17) is 8.83 Å². The summed E-state index contributed by atoms with van der Waals surface area (Å²) in [5, 5.41) is 7.02. The molecule has 0 unspecified atom stereocenters. The van der Waals surface area contributed by atoms with Gasteiger partial charge in [-0.25, -0.2) is 0 Å². The summed E-state index contributed by atoms with van der Waals surface area (Å²) >= 11 is 0. The number of rotatable bonds is 6. The molecule has 0 radical (unpaired) electrons. The van der Waals surface area contributed by atoms with Gasteiger partial charge in [0, 0.05) is 55.7 Å². The van der Waals surface area contributed by atoms with Crippen molar-refractivity contribution >= 4 is 99.5 Å². The van der Waals surface area contributed by atoms with Crippen LogP contribution in [0.15, 0.2) is 191 Å². The summed E-state index contributed by atoms with van der Waals surface area (Å²) in [6.45, 7) is 0. The summed E-state index contributed by atoms with van der Waals surface area (Å²) in [6.07, 6.45) is -9.00. The van der Waals surface area contributed by atoms with Crippen LogP contribution in [0.5, 0.6) is 0 Å². The van der Waals surface area contributed by atoms with Gasteiger partial charge in [-0.1, -0.05) is 60.7 Å². The summed E-state index contributed by atoms with van der Waals surface area (Å²) in [6, 6.07) is 52.6. The Balaban J connectivity index is 1.03. The smallest absolute Gasteiger partial charge is 0.416 e. The van der Waals surface area contributed by atoms with Crippen molar-refractivity contribution in [2.45, 2.75) is 12.4 Å². The number of para-hydroxylation sites is 2. The first-order chi connectivity index (χ1) is 30.0. The Bertz CT molecular complexity index is 3290. The molecule has 0 atom stereocenters. The zero-order chi connectivity index (χ0) is 42.3. The number of benzene rings is 9. The molecule has 0 aliphatic heterocycles. The second kappa shape index (κ2) is 13.9. The van der Waals surface area contributed by atoms with Gasteiger partial charge in [0.25, 0.3) is 0 Å². The largest absolute Gasteiger partial charge is 0.456 e. The van der Waals surface area contributed by atoms with Crippen molar-refractivity contribution < 1.29 is 35.2 Å². The first kappa shape index (κ1) is 37.3. The van der Waals surface area contributed by atoms with Crippen LogP contribution in [0.3, 0.4) is 0 Å². The maximum absolute atomic E-state index is 13.8. The zero-order valence-corrected chi connectivity index (χ0v) is 32.3. The van der Waals surface area contributed by atoms with E-state index in [1.54, 1.807) is 21.9 Å². The highest BCUT2D eigenvalue weighted by molar-refractivity contribution is 6.27. The first-order valence-corrected chi connectivity index (χ1v) is 19.7. The van der Waals surface area contributed by atoms with E-state index in [0.29, 0.717) is 56.5 Å². The van der Waals surface area contributed by atoms with E-state index >= 15 is 0 Å². The lowest BCUT2D eigenvalue weighted by atomic mass is 10.0. The van der Waals surface area contributed by atoms with Gasteiger partial charge in [0.1, 0.15) is 22.3 Å². The molecular weight excluding hydrogens is 799 g/mol. The number of anilines is 6. The quantitative estimate of drug-likeness (QED) is 0.156. The highest BCUT2D eigenvalue weighted by Gasteiger charge is 2.32. The van der Waals surface area contributed by atoms with E-state index in [2.05, 4.69) is 12.1 Å². The van der Waals surface area contributed by atoms with Crippen molar-refractivity contribution in [2.24, 2.45) is 0 Å². The highest BCUT2D eigenvalue weighted by atomic mass is 19.4. The summed E-state index contributed by atoms with van der Waals surface area (Å²) in [7, 11) is 0. The lowest BCUT2D eigenvalue weighted by Crippen LogP contribution is -2.12. The Morgan fingerprint density at radius 1 is 0.306 bits per heavy atom. The molecule has 9 aromatic carbocycles. The van der Waals surface area contributed by atoms with Crippen molar-refractivity contribution in [3.63, 3.8) is 0 Å². The molecule has 0 amide bonds. The highest BCUT2D eigenvalue weighted by Crippen LogP contribution is 2.45. The molecule has 2 aromatic heterocycles. The summed E-state index contributed by atoms with van der Waals surface area (Å²) < 4.78 is 96.0. The maximum atomic E-state index is 13.8. The van der Waals surface area contributed by atoms with Crippen LogP contribution >= 0.6 is 0 Å². The molecule has 2 heterocycles. The van der Waals surface area contributed by atoms with Crippen LogP contribution in [0.2, 0.25) is 0 Å². The average molecular weight is 829 g/mol. The number of hydrogen-bond donors (Lipinski definition) is 0. The van der Waals surface area contributed by atoms with E-state index in [9.17, 15) is 26.3 Å². The Morgan fingerprint density at radius 3 is 1.10 bits per heavy atom. The predicted molar refractivity (Wildman–Crippen MR) is 235 cm³/mol. The third-order valence-electron chi connectivity index (χ3n) is 11.4. The van der Waals surface area contributed by atoms with Gasteiger partial charge in [0.15, 0.2) is 0 Å². The third-order valence-corrected chi connectivity index (χ3v) is 11.4. The number of fused-ring (bicyclic) bond motifs is 9. The monoisotopic (exact) mass is 828 g/mol. The fourth-order valence-electron chi connectivity index (χ4n) is 8.56. The molecule has 10 heteroatoms. The second-order valence-electron chi connectivity index (χ2n) is 15.2. The minimum Gasteiger partial charge on any atom is -0.456 e. The summed E-state index contributed by atoms with van der Waals surface area (Å²) in [5.74, 6) is 0. The van der Waals surface area contributed by atoms with Crippen LogP contribution in [0, 0.1) is 0 Å². The number of hydrogen-bond acceptors (Lipinski definition) is 4. The van der Waals surface area contributed by atoms with E-state index in [1.165, 1.54) is 12.1 Å². The molecule has 11 rings (SSSR count). The normalized spacial score (nSPS) is 12.4. The summed E-state index contributed by atoms with van der Waals surface area (Å²) in [4.78, 5) is 3.60. The second-order valence-corrected chi connectivity index (χ2v) is 15.2. The fourth-order valence-corrected chi connectivity index (χ4v) is 8.56. The van der Waals surface area contributed by atoms with E-state index in [0.717, 1.165) is 67.4 Å². The average Bonchev–Trinajstić information content (AvgIpc) is 3.82. The first-order valence-electron chi connectivity index (χ1n) is 19.7. The number of nitrogens with zero attached hydrogens (tertiary/aromatic N) is 2. The molecule has 0 bridgehead atoms. The van der Waals surface area contributed by atoms with Gasteiger partial charge in [0.05, 0.1) is 11.1 Å². The van der Waals surface area contributed by atoms with Crippen molar-refractivity contribution in [2.75, 3.05) is 9.80 Å². The Hall–Kier alpha value is -7.72. The van der Waals surface area contributed by atoms with E-state index in [-0.39, 0.29) is 0 Å². The van der Waals surface area contributed by atoms with Crippen LogP contribution in [0.25, 0.3) is 65.4 Å². The molecule has 0 aliphatic rings. The van der Waals surface area contributed by atoms with Crippen molar-refractivity contribution in [1.82, 2.24) is 0 Å². The van der Waals surface area contributed by atoms with E-state index < -0.39 is 23.5 Å². The van der Waals surface area contributed by atoms with Gasteiger partial charge >= 0.3 is 12.4 Å². The van der Waals surface area contributed by atoms with Gasteiger partial charge in [-0.2, -0.15) is 26.3 Å². The third kappa shape index (κ3) is 6.34. The molecule has 0 saturated carbocycles. The molecule has 0 saturated heterocycles. The van der Waals surface area contributed by atoms with E-state index in [1.807, 2.05) is 121 Å². The molecule has 11 aromatic rings. The molecule has 302 valence electrons. The van der Waals surface area contributed by atoms with Crippen molar-refractivity contribution in [3.05, 3.63) is 193 Å². The lowest BCUT2D eigenvalue weighted by Gasteiger charge is -2.26. The molecule has 62 heavy (non-hydrogen) atoms. The molecule has 0 N–H and O–H groups in total. The number of halogens is 6. The van der Waals surface area contributed by atoms with Crippen LogP contribution in [-0.4, -0.2) is 0 Å². The summed E-state index contributed by atoms with van der Waals surface area (Å²) in [5.41, 5.74) is 4.64. The Labute approximate surface area is 349 Å².